The van der Waals surface area contributed by atoms with Crippen LogP contribution in [0.3, 0.4) is 0 Å². The molecule has 0 fully saturated rings. The zero-order valence-corrected chi connectivity index (χ0v) is 8.54. The fourth-order valence-corrected chi connectivity index (χ4v) is 1.82. The number of hydrogen-bond acceptors (Lipinski definition) is 4. The molecule has 0 radical (unpaired) electrons. The molecule has 2 N–H and O–H groups in total. The normalized spacial score (nSPS) is 10.8. The van der Waals surface area contributed by atoms with Crippen molar-refractivity contribution in [3.8, 4) is 0 Å². The summed E-state index contributed by atoms with van der Waals surface area (Å²) < 4.78 is 0. The number of aromatic amines is 1. The molecular formula is C10H7N5O2. The molecule has 2 aromatic heterocycles. The van der Waals surface area contributed by atoms with Crippen LogP contribution >= 0.6 is 0 Å². The standard InChI is InChI=1S/C10H7N5O2/c16-15(17)14-9-3-6-1-2-8-7(10(6)13-9)4-11-5-12-8/h1-5,13-14H. The lowest BCUT2D eigenvalue weighted by molar-refractivity contribution is -0.445. The molecule has 7 heteroatoms. The van der Waals surface area contributed by atoms with E-state index in [4.69, 9.17) is 0 Å². The lowest BCUT2D eigenvalue weighted by Crippen LogP contribution is -2.07. The zero-order chi connectivity index (χ0) is 11.8. The summed E-state index contributed by atoms with van der Waals surface area (Å²) in [5, 5.41) is 11.5. The number of aromatic nitrogens is 3. The summed E-state index contributed by atoms with van der Waals surface area (Å²) in [6, 6.07) is 5.37. The number of nitrogens with one attached hydrogen (secondary N) is 2. The molecule has 1 aromatic carbocycles. The van der Waals surface area contributed by atoms with E-state index < -0.39 is 5.03 Å². The van der Waals surface area contributed by atoms with Gasteiger partial charge in [-0.3, -0.25) is 0 Å². The SMILES string of the molecule is O=[N+]([O-])Nc1cc2ccc3ncncc3c2[nH]1. The van der Waals surface area contributed by atoms with E-state index in [0.717, 1.165) is 21.8 Å². The number of hydrogen-bond donors (Lipinski definition) is 2. The first-order chi connectivity index (χ1) is 8.24. The highest BCUT2D eigenvalue weighted by atomic mass is 16.7. The summed E-state index contributed by atoms with van der Waals surface area (Å²) in [7, 11) is 0. The lowest BCUT2D eigenvalue weighted by Gasteiger charge is -1.96. The van der Waals surface area contributed by atoms with Crippen molar-refractivity contribution in [3.05, 3.63) is 40.8 Å². The maximum Gasteiger partial charge on any atom is 0.169 e. The summed E-state index contributed by atoms with van der Waals surface area (Å²) in [5.41, 5.74) is 3.66. The third-order valence-electron chi connectivity index (χ3n) is 2.49. The van der Waals surface area contributed by atoms with Gasteiger partial charge in [-0.1, -0.05) is 11.5 Å². The van der Waals surface area contributed by atoms with Crippen molar-refractivity contribution in [3.63, 3.8) is 0 Å². The van der Waals surface area contributed by atoms with E-state index in [0.29, 0.717) is 5.82 Å². The van der Waals surface area contributed by atoms with Crippen LogP contribution < -0.4 is 5.43 Å². The van der Waals surface area contributed by atoms with Gasteiger partial charge in [0, 0.05) is 17.0 Å². The van der Waals surface area contributed by atoms with E-state index >= 15 is 0 Å². The molecule has 84 valence electrons. The van der Waals surface area contributed by atoms with E-state index in [1.807, 2.05) is 12.1 Å². The Balaban J connectivity index is 2.27. The van der Waals surface area contributed by atoms with Crippen molar-refractivity contribution in [1.82, 2.24) is 15.0 Å². The van der Waals surface area contributed by atoms with Crippen LogP contribution in [0, 0.1) is 10.1 Å². The molecule has 0 atom stereocenters. The minimum absolute atomic E-state index is 0.335. The fraction of sp³-hybridized carbons (Fsp3) is 0. The van der Waals surface area contributed by atoms with Gasteiger partial charge in [0.15, 0.2) is 10.9 Å². The van der Waals surface area contributed by atoms with E-state index in [9.17, 15) is 10.1 Å². The van der Waals surface area contributed by atoms with Crippen molar-refractivity contribution in [2.75, 3.05) is 5.43 Å². The molecule has 0 unspecified atom stereocenters. The maximum absolute atomic E-state index is 10.4. The van der Waals surface area contributed by atoms with Crippen LogP contribution in [0.5, 0.6) is 0 Å². The number of benzene rings is 1. The molecule has 0 aliphatic rings. The van der Waals surface area contributed by atoms with Gasteiger partial charge in [-0.25, -0.2) is 20.1 Å². The van der Waals surface area contributed by atoms with Crippen molar-refractivity contribution in [2.24, 2.45) is 0 Å². The van der Waals surface area contributed by atoms with Crippen LogP contribution in [0.25, 0.3) is 21.8 Å². The molecule has 7 nitrogen and oxygen atoms in total. The van der Waals surface area contributed by atoms with Crippen LogP contribution in [-0.4, -0.2) is 20.0 Å². The van der Waals surface area contributed by atoms with Crippen molar-refractivity contribution in [1.29, 1.82) is 0 Å². The minimum Gasteiger partial charge on any atom is -0.336 e. The Labute approximate surface area is 94.6 Å². The number of anilines is 1. The highest BCUT2D eigenvalue weighted by Gasteiger charge is 2.07. The Morgan fingerprint density at radius 2 is 2.29 bits per heavy atom. The van der Waals surface area contributed by atoms with E-state index in [1.165, 1.54) is 6.33 Å². The number of H-pyrrole nitrogens is 1. The van der Waals surface area contributed by atoms with Gasteiger partial charge in [0.2, 0.25) is 0 Å². The molecule has 3 rings (SSSR count). The summed E-state index contributed by atoms with van der Waals surface area (Å²) in [6.45, 7) is 0. The summed E-state index contributed by atoms with van der Waals surface area (Å²) in [6.07, 6.45) is 3.14. The molecule has 17 heavy (non-hydrogen) atoms. The average Bonchev–Trinajstić information content (AvgIpc) is 2.70. The van der Waals surface area contributed by atoms with Gasteiger partial charge in [-0.2, -0.15) is 0 Å². The summed E-state index contributed by atoms with van der Waals surface area (Å²) >= 11 is 0. The monoisotopic (exact) mass is 229 g/mol. The smallest absolute Gasteiger partial charge is 0.169 e. The topological polar surface area (TPSA) is 96.7 Å². The summed E-state index contributed by atoms with van der Waals surface area (Å²) in [4.78, 5) is 21.4. The molecular weight excluding hydrogens is 222 g/mol. The first-order valence-corrected chi connectivity index (χ1v) is 4.86. The summed E-state index contributed by atoms with van der Waals surface area (Å²) in [5.74, 6) is 0.335. The Kier molecular flexibility index (Phi) is 1.91. The van der Waals surface area contributed by atoms with Gasteiger partial charge in [-0.05, 0) is 12.1 Å². The van der Waals surface area contributed by atoms with Crippen LogP contribution in [0.4, 0.5) is 5.82 Å². The van der Waals surface area contributed by atoms with Crippen LogP contribution in [0.1, 0.15) is 0 Å². The van der Waals surface area contributed by atoms with Crippen molar-refractivity contribution >= 4 is 27.6 Å². The average molecular weight is 229 g/mol. The number of hydrazine groups is 1. The van der Waals surface area contributed by atoms with Crippen LogP contribution in [0.15, 0.2) is 30.7 Å². The highest BCUT2D eigenvalue weighted by molar-refractivity contribution is 6.04. The van der Waals surface area contributed by atoms with Gasteiger partial charge < -0.3 is 4.98 Å². The van der Waals surface area contributed by atoms with Crippen LogP contribution in [-0.2, 0) is 0 Å². The first-order valence-electron chi connectivity index (χ1n) is 4.86. The van der Waals surface area contributed by atoms with Gasteiger partial charge in [-0.15, -0.1) is 0 Å². The van der Waals surface area contributed by atoms with Crippen molar-refractivity contribution < 1.29 is 5.03 Å². The third-order valence-corrected chi connectivity index (χ3v) is 2.49. The highest BCUT2D eigenvalue weighted by Crippen LogP contribution is 2.25. The largest absolute Gasteiger partial charge is 0.336 e. The molecule has 0 aliphatic heterocycles. The lowest BCUT2D eigenvalue weighted by atomic mass is 10.2. The number of nitro groups is 1. The van der Waals surface area contributed by atoms with Gasteiger partial charge in [0.1, 0.15) is 6.33 Å². The third kappa shape index (κ3) is 1.53. The first kappa shape index (κ1) is 9.52. The van der Waals surface area contributed by atoms with E-state index in [2.05, 4.69) is 20.4 Å². The van der Waals surface area contributed by atoms with Gasteiger partial charge >= 0.3 is 0 Å². The molecule has 0 aliphatic carbocycles. The number of fused-ring (bicyclic) bond motifs is 3. The predicted molar refractivity (Wildman–Crippen MR) is 62.0 cm³/mol. The minimum atomic E-state index is -0.608. The molecule has 0 saturated carbocycles. The Morgan fingerprint density at radius 3 is 3.12 bits per heavy atom. The van der Waals surface area contributed by atoms with Crippen LogP contribution in [0.2, 0.25) is 0 Å². The van der Waals surface area contributed by atoms with Gasteiger partial charge in [0.25, 0.3) is 0 Å². The number of rotatable bonds is 2. The maximum atomic E-state index is 10.4. The predicted octanol–water partition coefficient (Wildman–Crippen LogP) is 1.71. The molecule has 2 heterocycles. The Hall–Kier alpha value is -2.70. The van der Waals surface area contributed by atoms with Crippen molar-refractivity contribution in [2.45, 2.75) is 0 Å². The number of nitrogens with zero attached hydrogens (tertiary/aromatic N) is 3. The van der Waals surface area contributed by atoms with Gasteiger partial charge in [0.05, 0.1) is 11.0 Å². The Bertz CT molecular complexity index is 721. The zero-order valence-electron chi connectivity index (χ0n) is 8.54. The molecule has 3 aromatic rings. The quantitative estimate of drug-likeness (QED) is 0.515. The van der Waals surface area contributed by atoms with E-state index in [1.54, 1.807) is 12.3 Å². The molecule has 0 bridgehead atoms. The second kappa shape index (κ2) is 3.41. The molecule has 0 spiro atoms. The second-order valence-electron chi connectivity index (χ2n) is 3.54. The molecule has 0 amide bonds. The molecule has 0 saturated heterocycles. The Morgan fingerprint density at radius 1 is 1.41 bits per heavy atom. The second-order valence-corrected chi connectivity index (χ2v) is 3.54. The fourth-order valence-electron chi connectivity index (χ4n) is 1.82. The van der Waals surface area contributed by atoms with E-state index in [-0.39, 0.29) is 0 Å².